The SMILES string of the molecule is CN(C)C(=O)CN1CCN(C(=O)c2cc(C(F)(F)F)cc(C(F)(F)F)c2)[C@H](Cc2c[nH]c3ccccc23)C1.Cl. The van der Waals surface area contributed by atoms with Crippen molar-refractivity contribution in [2.24, 2.45) is 0 Å². The molecule has 1 saturated heterocycles. The third-order valence-electron chi connectivity index (χ3n) is 6.65. The number of carbonyl (C=O) groups excluding carboxylic acids is 2. The Labute approximate surface area is 227 Å². The fourth-order valence-electron chi connectivity index (χ4n) is 4.64. The number of H-pyrrole nitrogens is 1. The van der Waals surface area contributed by atoms with Gasteiger partial charge in [-0.3, -0.25) is 14.5 Å². The number of halogens is 7. The molecule has 2 heterocycles. The van der Waals surface area contributed by atoms with Gasteiger partial charge in [-0.1, -0.05) is 18.2 Å². The third-order valence-corrected chi connectivity index (χ3v) is 6.65. The number of para-hydroxylation sites is 1. The quantitative estimate of drug-likeness (QED) is 0.431. The molecule has 2 amide bonds. The monoisotopic (exact) mass is 576 g/mol. The van der Waals surface area contributed by atoms with Crippen molar-refractivity contribution in [1.82, 2.24) is 19.7 Å². The second-order valence-electron chi connectivity index (χ2n) is 9.53. The minimum absolute atomic E-state index is 0. The highest BCUT2D eigenvalue weighted by atomic mass is 35.5. The van der Waals surface area contributed by atoms with Crippen molar-refractivity contribution in [3.63, 3.8) is 0 Å². The van der Waals surface area contributed by atoms with E-state index in [9.17, 15) is 35.9 Å². The Morgan fingerprint density at radius 3 is 2.18 bits per heavy atom. The maximum Gasteiger partial charge on any atom is 0.416 e. The van der Waals surface area contributed by atoms with Gasteiger partial charge in [-0.2, -0.15) is 26.3 Å². The normalized spacial score (nSPS) is 16.7. The summed E-state index contributed by atoms with van der Waals surface area (Å²) in [5.74, 6) is -1.09. The second kappa shape index (κ2) is 11.5. The predicted octanol–water partition coefficient (Wildman–Crippen LogP) is 5.08. The van der Waals surface area contributed by atoms with Gasteiger partial charge in [-0.15, -0.1) is 12.4 Å². The molecule has 1 atom stereocenters. The Bertz CT molecular complexity index is 1310. The average Bonchev–Trinajstić information content (AvgIpc) is 3.25. The lowest BCUT2D eigenvalue weighted by Crippen LogP contribution is -2.57. The number of alkyl halides is 6. The van der Waals surface area contributed by atoms with Gasteiger partial charge in [0.25, 0.3) is 5.91 Å². The number of piperazine rings is 1. The summed E-state index contributed by atoms with van der Waals surface area (Å²) in [6.07, 6.45) is -8.08. The first-order chi connectivity index (χ1) is 17.7. The fourth-order valence-corrected chi connectivity index (χ4v) is 4.64. The van der Waals surface area contributed by atoms with Crippen LogP contribution in [0.2, 0.25) is 0 Å². The first-order valence-electron chi connectivity index (χ1n) is 11.8. The summed E-state index contributed by atoms with van der Waals surface area (Å²) >= 11 is 0. The first kappa shape index (κ1) is 30.3. The molecule has 1 aliphatic heterocycles. The molecule has 0 radical (unpaired) electrons. The molecular weight excluding hydrogens is 550 g/mol. The lowest BCUT2D eigenvalue weighted by atomic mass is 9.98. The maximum absolute atomic E-state index is 13.5. The highest BCUT2D eigenvalue weighted by Gasteiger charge is 2.39. The zero-order chi connectivity index (χ0) is 27.8. The van der Waals surface area contributed by atoms with Crippen molar-refractivity contribution in [2.45, 2.75) is 24.8 Å². The molecule has 212 valence electrons. The van der Waals surface area contributed by atoms with Crippen LogP contribution in [0.15, 0.2) is 48.7 Å². The highest BCUT2D eigenvalue weighted by Crippen LogP contribution is 2.37. The highest BCUT2D eigenvalue weighted by molar-refractivity contribution is 5.95. The van der Waals surface area contributed by atoms with Crippen LogP contribution in [0.1, 0.15) is 27.0 Å². The van der Waals surface area contributed by atoms with Gasteiger partial charge in [-0.25, -0.2) is 0 Å². The van der Waals surface area contributed by atoms with Crippen LogP contribution in [-0.2, 0) is 23.6 Å². The standard InChI is InChI=1S/C26H26F6N4O2.ClH/c1-34(2)23(37)15-35-7-8-36(20(14-35)11-17-13-33-22-6-4-3-5-21(17)22)24(38)16-9-18(25(27,28)29)12-19(10-16)26(30,31)32;/h3-6,9-10,12-13,20,33H,7-8,11,14-15H2,1-2H3;1H/t20-;/m1./s1. The molecule has 6 nitrogen and oxygen atoms in total. The lowest BCUT2D eigenvalue weighted by molar-refractivity contribution is -0.143. The topological polar surface area (TPSA) is 59.7 Å². The van der Waals surface area contributed by atoms with E-state index < -0.39 is 41.0 Å². The Morgan fingerprint density at radius 1 is 0.974 bits per heavy atom. The van der Waals surface area contributed by atoms with Crippen molar-refractivity contribution in [2.75, 3.05) is 40.3 Å². The van der Waals surface area contributed by atoms with Crippen LogP contribution in [-0.4, -0.2) is 77.8 Å². The van der Waals surface area contributed by atoms with Gasteiger partial charge >= 0.3 is 12.4 Å². The minimum atomic E-state index is -5.06. The molecule has 2 aromatic carbocycles. The van der Waals surface area contributed by atoms with E-state index in [2.05, 4.69) is 4.98 Å². The number of nitrogens with one attached hydrogen (secondary N) is 1. The van der Waals surface area contributed by atoms with E-state index in [4.69, 9.17) is 0 Å². The van der Waals surface area contributed by atoms with Crippen LogP contribution >= 0.6 is 12.4 Å². The van der Waals surface area contributed by atoms with Crippen LogP contribution in [0.5, 0.6) is 0 Å². The summed E-state index contributed by atoms with van der Waals surface area (Å²) in [5.41, 5.74) is -2.08. The number of aromatic nitrogens is 1. The largest absolute Gasteiger partial charge is 0.416 e. The van der Waals surface area contributed by atoms with Crippen molar-refractivity contribution < 1.29 is 35.9 Å². The van der Waals surface area contributed by atoms with Gasteiger partial charge in [0.15, 0.2) is 0 Å². The van der Waals surface area contributed by atoms with Crippen molar-refractivity contribution in [1.29, 1.82) is 0 Å². The Hall–Kier alpha value is -3.25. The van der Waals surface area contributed by atoms with Gasteiger partial charge in [0.05, 0.1) is 17.7 Å². The summed E-state index contributed by atoms with van der Waals surface area (Å²) in [5, 5.41) is 0.889. The van der Waals surface area contributed by atoms with Gasteiger partial charge in [-0.05, 0) is 36.2 Å². The molecule has 1 N–H and O–H groups in total. The number of carbonyl (C=O) groups is 2. The van der Waals surface area contributed by atoms with E-state index in [1.165, 1.54) is 9.80 Å². The molecule has 4 rings (SSSR count). The molecule has 0 aliphatic carbocycles. The van der Waals surface area contributed by atoms with E-state index in [1.54, 1.807) is 20.3 Å². The maximum atomic E-state index is 13.5. The summed E-state index contributed by atoms with van der Waals surface area (Å²) in [4.78, 5) is 33.5. The molecule has 1 aliphatic rings. The van der Waals surface area contributed by atoms with E-state index in [1.807, 2.05) is 29.2 Å². The zero-order valence-corrected chi connectivity index (χ0v) is 21.9. The molecule has 0 bridgehead atoms. The lowest BCUT2D eigenvalue weighted by Gasteiger charge is -2.41. The van der Waals surface area contributed by atoms with Crippen molar-refractivity contribution in [3.05, 3.63) is 70.9 Å². The first-order valence-corrected chi connectivity index (χ1v) is 11.8. The van der Waals surface area contributed by atoms with E-state index in [-0.39, 0.29) is 57.0 Å². The summed E-state index contributed by atoms with van der Waals surface area (Å²) in [7, 11) is 3.22. The third kappa shape index (κ3) is 6.85. The van der Waals surface area contributed by atoms with Gasteiger partial charge in [0.1, 0.15) is 0 Å². The Balaban J connectivity index is 0.00000420. The molecule has 0 unspecified atom stereocenters. The molecule has 3 aromatic rings. The Morgan fingerprint density at radius 2 is 1.59 bits per heavy atom. The molecule has 1 fully saturated rings. The van der Waals surface area contributed by atoms with E-state index in [0.29, 0.717) is 12.1 Å². The van der Waals surface area contributed by atoms with Gasteiger partial charge < -0.3 is 14.8 Å². The molecular formula is C26H27ClF6N4O2. The zero-order valence-electron chi connectivity index (χ0n) is 21.1. The number of aromatic amines is 1. The number of nitrogens with zero attached hydrogens (tertiary/aromatic N) is 3. The van der Waals surface area contributed by atoms with E-state index in [0.717, 1.165) is 16.5 Å². The summed E-state index contributed by atoms with van der Waals surface area (Å²) in [6, 6.07) is 7.76. The van der Waals surface area contributed by atoms with Crippen LogP contribution in [0.4, 0.5) is 26.3 Å². The summed E-state index contributed by atoms with van der Waals surface area (Å²) < 4.78 is 80.5. The number of likely N-dealkylation sites (N-methyl/N-ethyl adjacent to an activating group) is 1. The summed E-state index contributed by atoms with van der Waals surface area (Å²) in [6.45, 7) is 0.558. The van der Waals surface area contributed by atoms with Crippen LogP contribution < -0.4 is 0 Å². The average molecular weight is 577 g/mol. The van der Waals surface area contributed by atoms with Crippen molar-refractivity contribution in [3.8, 4) is 0 Å². The molecule has 39 heavy (non-hydrogen) atoms. The Kier molecular flexibility index (Phi) is 8.91. The smallest absolute Gasteiger partial charge is 0.361 e. The second-order valence-corrected chi connectivity index (χ2v) is 9.53. The van der Waals surface area contributed by atoms with Crippen molar-refractivity contribution >= 4 is 35.1 Å². The van der Waals surface area contributed by atoms with Gasteiger partial charge in [0.2, 0.25) is 5.91 Å². The van der Waals surface area contributed by atoms with Crippen LogP contribution in [0.3, 0.4) is 0 Å². The number of fused-ring (bicyclic) bond motifs is 1. The predicted molar refractivity (Wildman–Crippen MR) is 136 cm³/mol. The molecule has 13 heteroatoms. The minimum Gasteiger partial charge on any atom is -0.361 e. The number of rotatable bonds is 5. The van der Waals surface area contributed by atoms with Crippen LogP contribution in [0.25, 0.3) is 10.9 Å². The van der Waals surface area contributed by atoms with Crippen LogP contribution in [0, 0.1) is 0 Å². The number of benzene rings is 2. The van der Waals surface area contributed by atoms with E-state index >= 15 is 0 Å². The fraction of sp³-hybridized carbons (Fsp3) is 0.385. The number of amides is 2. The molecule has 1 aromatic heterocycles. The molecule has 0 spiro atoms. The number of hydrogen-bond acceptors (Lipinski definition) is 3. The molecule has 0 saturated carbocycles. The number of hydrogen-bond donors (Lipinski definition) is 1. The van der Waals surface area contributed by atoms with Gasteiger partial charge in [0, 0.05) is 62.4 Å².